The van der Waals surface area contributed by atoms with Crippen LogP contribution in [0.4, 0.5) is 0 Å². The maximum absolute atomic E-state index is 12.7. The zero-order valence-corrected chi connectivity index (χ0v) is 14.4. The van der Waals surface area contributed by atoms with E-state index in [4.69, 9.17) is 0 Å². The fourth-order valence-corrected chi connectivity index (χ4v) is 3.57. The number of thioether (sulfide) groups is 1. The Kier molecular flexibility index (Phi) is 5.26. The van der Waals surface area contributed by atoms with Gasteiger partial charge in [0.05, 0.1) is 0 Å². The van der Waals surface area contributed by atoms with Crippen molar-refractivity contribution in [3.8, 4) is 0 Å². The Morgan fingerprint density at radius 2 is 1.96 bits per heavy atom. The number of carbonyl (C=O) groups excluding carboxylic acids is 2. The number of rotatable bonds is 6. The summed E-state index contributed by atoms with van der Waals surface area (Å²) >= 11 is 1.87. The van der Waals surface area contributed by atoms with E-state index >= 15 is 0 Å². The van der Waals surface area contributed by atoms with Crippen LogP contribution >= 0.6 is 11.8 Å². The third-order valence-corrected chi connectivity index (χ3v) is 5.36. The highest BCUT2D eigenvalue weighted by Crippen LogP contribution is 2.24. The number of hydrogen-bond acceptors (Lipinski definition) is 3. The Morgan fingerprint density at radius 3 is 2.61 bits per heavy atom. The number of amides is 2. The van der Waals surface area contributed by atoms with E-state index in [0.717, 1.165) is 37.2 Å². The van der Waals surface area contributed by atoms with Gasteiger partial charge in [-0.15, -0.1) is 0 Å². The lowest BCUT2D eigenvalue weighted by Crippen LogP contribution is -2.46. The molecule has 1 saturated heterocycles. The van der Waals surface area contributed by atoms with E-state index < -0.39 is 0 Å². The van der Waals surface area contributed by atoms with Gasteiger partial charge in [0.15, 0.2) is 0 Å². The first kappa shape index (κ1) is 16.4. The van der Waals surface area contributed by atoms with Gasteiger partial charge in [-0.25, -0.2) is 0 Å². The van der Waals surface area contributed by atoms with Crippen molar-refractivity contribution in [2.75, 3.05) is 12.3 Å². The lowest BCUT2D eigenvalue weighted by Gasteiger charge is -2.24. The van der Waals surface area contributed by atoms with E-state index in [9.17, 15) is 9.59 Å². The predicted octanol–water partition coefficient (Wildman–Crippen LogP) is 2.82. The zero-order valence-electron chi connectivity index (χ0n) is 13.6. The first-order valence-electron chi connectivity index (χ1n) is 8.47. The van der Waals surface area contributed by atoms with E-state index in [1.165, 1.54) is 5.56 Å². The summed E-state index contributed by atoms with van der Waals surface area (Å²) < 4.78 is 0. The summed E-state index contributed by atoms with van der Waals surface area (Å²) in [5.74, 6) is 2.07. The second kappa shape index (κ2) is 7.39. The molecule has 2 amide bonds. The van der Waals surface area contributed by atoms with Crippen LogP contribution in [-0.4, -0.2) is 41.1 Å². The van der Waals surface area contributed by atoms with Crippen LogP contribution in [0.15, 0.2) is 24.3 Å². The van der Waals surface area contributed by atoms with Gasteiger partial charge in [-0.3, -0.25) is 9.59 Å². The largest absolute Gasteiger partial charge is 0.352 e. The molecule has 2 aliphatic rings. The molecule has 1 aromatic carbocycles. The maximum Gasteiger partial charge on any atom is 0.254 e. The SMILES string of the molecule is CCSCc1ccc(C(=O)N2CCCC2C(=O)NC2CC2)cc1. The third kappa shape index (κ3) is 4.08. The standard InChI is InChI=1S/C18H24N2O2S/c1-2-23-12-13-5-7-14(8-6-13)18(22)20-11-3-4-16(20)17(21)19-15-9-10-15/h5-8,15-16H,2-4,9-12H2,1H3,(H,19,21). The van der Waals surface area contributed by atoms with Crippen molar-refractivity contribution in [2.45, 2.75) is 50.4 Å². The van der Waals surface area contributed by atoms with Crippen molar-refractivity contribution < 1.29 is 9.59 Å². The second-order valence-corrected chi connectivity index (χ2v) is 7.55. The van der Waals surface area contributed by atoms with Crippen molar-refractivity contribution in [1.29, 1.82) is 0 Å². The smallest absolute Gasteiger partial charge is 0.254 e. The fourth-order valence-electron chi connectivity index (χ4n) is 2.94. The normalized spacial score (nSPS) is 20.6. The fraction of sp³-hybridized carbons (Fsp3) is 0.556. The van der Waals surface area contributed by atoms with E-state index in [1.807, 2.05) is 36.0 Å². The van der Waals surface area contributed by atoms with Crippen LogP contribution in [0.3, 0.4) is 0 Å². The molecule has 1 saturated carbocycles. The number of hydrogen-bond donors (Lipinski definition) is 1. The maximum atomic E-state index is 12.7. The molecule has 0 spiro atoms. The monoisotopic (exact) mass is 332 g/mol. The van der Waals surface area contributed by atoms with Crippen LogP contribution in [0.2, 0.25) is 0 Å². The van der Waals surface area contributed by atoms with Gasteiger partial charge in [0.1, 0.15) is 6.04 Å². The molecule has 1 N–H and O–H groups in total. The van der Waals surface area contributed by atoms with Crippen molar-refractivity contribution >= 4 is 23.6 Å². The molecule has 1 atom stereocenters. The topological polar surface area (TPSA) is 49.4 Å². The Balaban J connectivity index is 1.64. The van der Waals surface area contributed by atoms with Crippen molar-refractivity contribution in [3.63, 3.8) is 0 Å². The average molecular weight is 332 g/mol. The lowest BCUT2D eigenvalue weighted by molar-refractivity contribution is -0.125. The summed E-state index contributed by atoms with van der Waals surface area (Å²) in [6.45, 7) is 2.82. The van der Waals surface area contributed by atoms with Gasteiger partial charge in [-0.05, 0) is 49.1 Å². The number of benzene rings is 1. The minimum Gasteiger partial charge on any atom is -0.352 e. The first-order chi connectivity index (χ1) is 11.2. The summed E-state index contributed by atoms with van der Waals surface area (Å²) in [6, 6.07) is 7.87. The van der Waals surface area contributed by atoms with E-state index in [0.29, 0.717) is 18.2 Å². The van der Waals surface area contributed by atoms with Crippen LogP contribution in [-0.2, 0) is 10.5 Å². The van der Waals surface area contributed by atoms with Crippen molar-refractivity contribution in [3.05, 3.63) is 35.4 Å². The Bertz CT molecular complexity index is 569. The molecule has 4 nitrogen and oxygen atoms in total. The minimum atomic E-state index is -0.293. The lowest BCUT2D eigenvalue weighted by atomic mass is 10.1. The molecule has 0 bridgehead atoms. The Hall–Kier alpha value is -1.49. The molecular formula is C18H24N2O2S. The summed E-state index contributed by atoms with van der Waals surface area (Å²) in [5.41, 5.74) is 1.92. The molecule has 1 aliphatic heterocycles. The van der Waals surface area contributed by atoms with Gasteiger partial charge < -0.3 is 10.2 Å². The zero-order chi connectivity index (χ0) is 16.2. The molecule has 124 valence electrons. The summed E-state index contributed by atoms with van der Waals surface area (Å²) in [4.78, 5) is 26.8. The minimum absolute atomic E-state index is 0.0202. The molecule has 1 unspecified atom stereocenters. The molecule has 3 rings (SSSR count). The second-order valence-electron chi connectivity index (χ2n) is 6.27. The van der Waals surface area contributed by atoms with Crippen LogP contribution in [0.5, 0.6) is 0 Å². The molecule has 5 heteroatoms. The average Bonchev–Trinajstić information content (AvgIpc) is 3.24. The van der Waals surface area contributed by atoms with E-state index in [2.05, 4.69) is 12.2 Å². The van der Waals surface area contributed by atoms with Gasteiger partial charge in [-0.2, -0.15) is 11.8 Å². The Morgan fingerprint density at radius 1 is 1.22 bits per heavy atom. The van der Waals surface area contributed by atoms with Gasteiger partial charge in [0.2, 0.25) is 5.91 Å². The molecular weight excluding hydrogens is 308 g/mol. The highest BCUT2D eigenvalue weighted by Gasteiger charge is 2.36. The van der Waals surface area contributed by atoms with Gasteiger partial charge >= 0.3 is 0 Å². The molecule has 1 heterocycles. The highest BCUT2D eigenvalue weighted by atomic mass is 32.2. The number of nitrogens with zero attached hydrogens (tertiary/aromatic N) is 1. The van der Waals surface area contributed by atoms with Crippen molar-refractivity contribution in [1.82, 2.24) is 10.2 Å². The molecule has 1 aliphatic carbocycles. The number of likely N-dealkylation sites (tertiary alicyclic amines) is 1. The van der Waals surface area contributed by atoms with Crippen LogP contribution < -0.4 is 5.32 Å². The quantitative estimate of drug-likeness (QED) is 0.871. The van der Waals surface area contributed by atoms with Crippen LogP contribution in [0.1, 0.15) is 48.5 Å². The predicted molar refractivity (Wildman–Crippen MR) is 93.5 cm³/mol. The number of nitrogens with one attached hydrogen (secondary N) is 1. The van der Waals surface area contributed by atoms with E-state index in [1.54, 1.807) is 4.90 Å². The molecule has 2 fully saturated rings. The first-order valence-corrected chi connectivity index (χ1v) is 9.62. The Labute approximate surface area is 142 Å². The molecule has 0 aromatic heterocycles. The van der Waals surface area contributed by atoms with Crippen LogP contribution in [0, 0.1) is 0 Å². The summed E-state index contributed by atoms with van der Waals surface area (Å²) in [6.07, 6.45) is 3.82. The summed E-state index contributed by atoms with van der Waals surface area (Å²) in [7, 11) is 0. The molecule has 0 radical (unpaired) electrons. The van der Waals surface area contributed by atoms with Gasteiger partial charge in [-0.1, -0.05) is 19.1 Å². The molecule has 1 aromatic rings. The van der Waals surface area contributed by atoms with Crippen molar-refractivity contribution in [2.24, 2.45) is 0 Å². The number of carbonyl (C=O) groups is 2. The highest BCUT2D eigenvalue weighted by molar-refractivity contribution is 7.98. The van der Waals surface area contributed by atoms with Gasteiger partial charge in [0, 0.05) is 23.9 Å². The van der Waals surface area contributed by atoms with E-state index in [-0.39, 0.29) is 17.9 Å². The van der Waals surface area contributed by atoms with Gasteiger partial charge in [0.25, 0.3) is 5.91 Å². The molecule has 23 heavy (non-hydrogen) atoms. The van der Waals surface area contributed by atoms with Crippen LogP contribution in [0.25, 0.3) is 0 Å². The third-order valence-electron chi connectivity index (χ3n) is 4.41. The summed E-state index contributed by atoms with van der Waals surface area (Å²) in [5, 5.41) is 3.03.